The van der Waals surface area contributed by atoms with Crippen LogP contribution < -0.4 is 15.4 Å². The van der Waals surface area contributed by atoms with Crippen LogP contribution in [0.4, 0.5) is 5.69 Å². The van der Waals surface area contributed by atoms with Gasteiger partial charge in [0.2, 0.25) is 10.0 Å². The highest BCUT2D eigenvalue weighted by Gasteiger charge is 2.16. The van der Waals surface area contributed by atoms with E-state index in [0.29, 0.717) is 23.6 Å². The largest absolute Gasteiger partial charge is 0.494 e. The summed E-state index contributed by atoms with van der Waals surface area (Å²) in [6, 6.07) is 12.9. The number of ether oxygens (including phenoxy) is 1. The smallest absolute Gasteiger partial charge is 0.257 e. The van der Waals surface area contributed by atoms with E-state index < -0.39 is 10.0 Å². The van der Waals surface area contributed by atoms with Crippen molar-refractivity contribution in [2.24, 2.45) is 0 Å². The molecule has 2 aromatic rings. The van der Waals surface area contributed by atoms with Crippen molar-refractivity contribution in [2.75, 3.05) is 26.0 Å². The van der Waals surface area contributed by atoms with Crippen LogP contribution in [0.5, 0.6) is 5.75 Å². The first-order valence-electron chi connectivity index (χ1n) is 8.62. The van der Waals surface area contributed by atoms with Crippen molar-refractivity contribution in [1.29, 1.82) is 0 Å². The molecule has 28 heavy (non-hydrogen) atoms. The topological polar surface area (TPSA) is 87.7 Å². The molecule has 0 aliphatic carbocycles. The van der Waals surface area contributed by atoms with Gasteiger partial charge in [0.05, 0.1) is 11.5 Å². The van der Waals surface area contributed by atoms with Gasteiger partial charge >= 0.3 is 0 Å². The molecular formula is C19H23N3O4S2. The Kier molecular flexibility index (Phi) is 7.50. The second-order valence-electron chi connectivity index (χ2n) is 6.10. The van der Waals surface area contributed by atoms with Crippen LogP contribution in [-0.4, -0.2) is 44.4 Å². The number of amides is 1. The zero-order valence-electron chi connectivity index (χ0n) is 15.9. The van der Waals surface area contributed by atoms with Crippen molar-refractivity contribution in [3.8, 4) is 5.75 Å². The minimum atomic E-state index is -3.50. The molecule has 0 atom stereocenters. The molecule has 7 nitrogen and oxygen atoms in total. The minimum absolute atomic E-state index is 0.105. The first kappa shape index (κ1) is 21.8. The highest BCUT2D eigenvalue weighted by Crippen LogP contribution is 2.17. The van der Waals surface area contributed by atoms with E-state index in [1.165, 1.54) is 26.2 Å². The number of hydrogen-bond donors (Lipinski definition) is 2. The Morgan fingerprint density at radius 2 is 1.82 bits per heavy atom. The molecule has 0 bridgehead atoms. The van der Waals surface area contributed by atoms with Gasteiger partial charge in [-0.3, -0.25) is 10.1 Å². The number of benzene rings is 2. The van der Waals surface area contributed by atoms with Crippen LogP contribution in [0.15, 0.2) is 53.4 Å². The number of carbonyl (C=O) groups excluding carboxylic acids is 1. The van der Waals surface area contributed by atoms with Crippen molar-refractivity contribution < 1.29 is 17.9 Å². The van der Waals surface area contributed by atoms with E-state index in [-0.39, 0.29) is 15.9 Å². The highest BCUT2D eigenvalue weighted by molar-refractivity contribution is 7.89. The molecular weight excluding hydrogens is 398 g/mol. The average molecular weight is 422 g/mol. The molecule has 9 heteroatoms. The first-order valence-corrected chi connectivity index (χ1v) is 10.5. The lowest BCUT2D eigenvalue weighted by Gasteiger charge is -2.13. The summed E-state index contributed by atoms with van der Waals surface area (Å²) in [6.45, 7) is 2.58. The van der Waals surface area contributed by atoms with E-state index in [1.807, 2.05) is 6.92 Å². The van der Waals surface area contributed by atoms with Crippen LogP contribution in [0.2, 0.25) is 0 Å². The molecule has 2 aromatic carbocycles. The number of nitrogens with one attached hydrogen (secondary N) is 2. The Morgan fingerprint density at radius 3 is 2.43 bits per heavy atom. The third kappa shape index (κ3) is 5.75. The van der Waals surface area contributed by atoms with Crippen molar-refractivity contribution in [3.05, 3.63) is 54.1 Å². The maximum absolute atomic E-state index is 12.4. The molecule has 0 fully saturated rings. The second-order valence-corrected chi connectivity index (χ2v) is 8.66. The molecule has 0 aliphatic rings. The maximum Gasteiger partial charge on any atom is 0.257 e. The zero-order chi connectivity index (χ0) is 20.7. The Bertz CT molecular complexity index is 942. The highest BCUT2D eigenvalue weighted by atomic mass is 32.2. The molecule has 0 unspecified atom stereocenters. The van der Waals surface area contributed by atoms with Gasteiger partial charge < -0.3 is 10.1 Å². The van der Waals surface area contributed by atoms with Crippen molar-refractivity contribution >= 4 is 38.9 Å². The third-order valence-corrected chi connectivity index (χ3v) is 5.72. The summed E-state index contributed by atoms with van der Waals surface area (Å²) in [5, 5.41) is 5.55. The average Bonchev–Trinajstić information content (AvgIpc) is 2.66. The zero-order valence-corrected chi connectivity index (χ0v) is 17.6. The number of nitrogens with zero attached hydrogens (tertiary/aromatic N) is 1. The van der Waals surface area contributed by atoms with Gasteiger partial charge in [0.25, 0.3) is 5.91 Å². The number of sulfonamides is 1. The molecule has 2 N–H and O–H groups in total. The number of rotatable bonds is 7. The molecule has 0 radical (unpaired) electrons. The van der Waals surface area contributed by atoms with E-state index >= 15 is 0 Å². The van der Waals surface area contributed by atoms with Gasteiger partial charge in [0.15, 0.2) is 5.11 Å². The Hall–Kier alpha value is -2.49. The lowest BCUT2D eigenvalue weighted by Crippen LogP contribution is -2.34. The predicted octanol–water partition coefficient (Wildman–Crippen LogP) is 2.85. The summed E-state index contributed by atoms with van der Waals surface area (Å²) in [5.74, 6) is 0.248. The molecule has 0 aliphatic heterocycles. The Morgan fingerprint density at radius 1 is 1.14 bits per heavy atom. The van der Waals surface area contributed by atoms with Crippen molar-refractivity contribution in [2.45, 2.75) is 18.2 Å². The van der Waals surface area contributed by atoms with Gasteiger partial charge in [-0.25, -0.2) is 12.7 Å². The number of hydrogen-bond acceptors (Lipinski definition) is 5. The summed E-state index contributed by atoms with van der Waals surface area (Å²) < 4.78 is 30.8. The molecule has 0 aromatic heterocycles. The summed E-state index contributed by atoms with van der Waals surface area (Å²) in [5.41, 5.74) is 0.980. The number of carbonyl (C=O) groups is 1. The van der Waals surface area contributed by atoms with E-state index in [4.69, 9.17) is 17.0 Å². The number of anilines is 1. The SMILES string of the molecule is CCCOc1cccc(C(=O)NC(=S)Nc2ccc(S(=O)(=O)N(C)C)cc2)c1. The fourth-order valence-corrected chi connectivity index (χ4v) is 3.32. The van der Waals surface area contributed by atoms with Crippen molar-refractivity contribution in [3.63, 3.8) is 0 Å². The predicted molar refractivity (Wildman–Crippen MR) is 113 cm³/mol. The monoisotopic (exact) mass is 421 g/mol. The molecule has 0 spiro atoms. The van der Waals surface area contributed by atoms with Crippen LogP contribution in [0.1, 0.15) is 23.7 Å². The molecule has 2 rings (SSSR count). The first-order chi connectivity index (χ1) is 13.2. The fourth-order valence-electron chi connectivity index (χ4n) is 2.21. The number of thiocarbonyl (C=S) groups is 1. The Balaban J connectivity index is 1.99. The lowest BCUT2D eigenvalue weighted by molar-refractivity contribution is 0.0977. The van der Waals surface area contributed by atoms with Crippen LogP contribution >= 0.6 is 12.2 Å². The second kappa shape index (κ2) is 9.63. The van der Waals surface area contributed by atoms with Crippen LogP contribution in [0, 0.1) is 0 Å². The summed E-state index contributed by atoms with van der Waals surface area (Å²) in [4.78, 5) is 12.5. The van der Waals surface area contributed by atoms with Crippen LogP contribution in [0.3, 0.4) is 0 Å². The maximum atomic E-state index is 12.4. The molecule has 0 saturated carbocycles. The van der Waals surface area contributed by atoms with Gasteiger partial charge in [-0.05, 0) is 61.1 Å². The van der Waals surface area contributed by atoms with E-state index in [1.54, 1.807) is 36.4 Å². The van der Waals surface area contributed by atoms with E-state index in [2.05, 4.69) is 10.6 Å². The molecule has 0 heterocycles. The van der Waals surface area contributed by atoms with Crippen LogP contribution in [0.25, 0.3) is 0 Å². The Labute approximate surface area is 170 Å². The summed E-state index contributed by atoms with van der Waals surface area (Å²) >= 11 is 5.16. The van der Waals surface area contributed by atoms with E-state index in [0.717, 1.165) is 10.7 Å². The molecule has 150 valence electrons. The molecule has 0 saturated heterocycles. The van der Waals surface area contributed by atoms with Gasteiger partial charge in [0, 0.05) is 25.3 Å². The quantitative estimate of drug-likeness (QED) is 0.669. The normalized spacial score (nSPS) is 11.1. The summed E-state index contributed by atoms with van der Waals surface area (Å²) in [7, 11) is -0.564. The summed E-state index contributed by atoms with van der Waals surface area (Å²) in [6.07, 6.45) is 0.874. The molecule has 1 amide bonds. The van der Waals surface area contributed by atoms with Gasteiger partial charge in [0.1, 0.15) is 5.75 Å². The van der Waals surface area contributed by atoms with Crippen molar-refractivity contribution in [1.82, 2.24) is 9.62 Å². The van der Waals surface area contributed by atoms with E-state index in [9.17, 15) is 13.2 Å². The fraction of sp³-hybridized carbons (Fsp3) is 0.263. The third-order valence-electron chi connectivity index (χ3n) is 3.69. The van der Waals surface area contributed by atoms with Gasteiger partial charge in [-0.2, -0.15) is 0 Å². The lowest BCUT2D eigenvalue weighted by atomic mass is 10.2. The van der Waals surface area contributed by atoms with Crippen LogP contribution in [-0.2, 0) is 10.0 Å². The minimum Gasteiger partial charge on any atom is -0.494 e. The van der Waals surface area contributed by atoms with Gasteiger partial charge in [-0.15, -0.1) is 0 Å². The standard InChI is InChI=1S/C19H23N3O4S2/c1-4-12-26-16-7-5-6-14(13-16)18(23)21-19(27)20-15-8-10-17(11-9-15)28(24,25)22(2)3/h5-11,13H,4,12H2,1-3H3,(H2,20,21,23,27). The van der Waals surface area contributed by atoms with Gasteiger partial charge in [-0.1, -0.05) is 13.0 Å².